The van der Waals surface area contributed by atoms with E-state index >= 15 is 0 Å². The van der Waals surface area contributed by atoms with Crippen LogP contribution in [0.1, 0.15) is 18.4 Å². The van der Waals surface area contributed by atoms with Crippen molar-refractivity contribution in [2.45, 2.75) is 23.8 Å². The molecule has 18 heavy (non-hydrogen) atoms. The van der Waals surface area contributed by atoms with E-state index in [-0.39, 0.29) is 18.5 Å². The average molecular weight is 265 g/mol. The van der Waals surface area contributed by atoms with E-state index in [2.05, 4.69) is 4.90 Å². The molecule has 1 aromatic carbocycles. The highest BCUT2D eigenvalue weighted by Crippen LogP contribution is 2.33. The van der Waals surface area contributed by atoms with E-state index in [1.807, 2.05) is 24.5 Å². The molecule has 0 aromatic heterocycles. The third kappa shape index (κ3) is 2.33. The van der Waals surface area contributed by atoms with Crippen LogP contribution in [0.3, 0.4) is 0 Å². The predicted molar refractivity (Wildman–Crippen MR) is 76.7 cm³/mol. The summed E-state index contributed by atoms with van der Waals surface area (Å²) < 4.78 is 0. The van der Waals surface area contributed by atoms with Crippen molar-refractivity contribution < 1.29 is 5.11 Å². The minimum atomic E-state index is 0.0959. The highest BCUT2D eigenvalue weighted by molar-refractivity contribution is 7.98. The van der Waals surface area contributed by atoms with Crippen LogP contribution in [-0.4, -0.2) is 36.4 Å². The number of aliphatic hydroxyl groups is 1. The number of hydrogen-bond donors (Lipinski definition) is 3. The molecule has 0 aliphatic carbocycles. The van der Waals surface area contributed by atoms with Crippen molar-refractivity contribution in [2.24, 2.45) is 5.73 Å². The molecule has 5 heteroatoms. The Hall–Kier alpha value is -1.20. The van der Waals surface area contributed by atoms with Crippen LogP contribution in [0.5, 0.6) is 0 Å². The van der Waals surface area contributed by atoms with Gasteiger partial charge in [-0.05, 0) is 31.2 Å². The van der Waals surface area contributed by atoms with E-state index < -0.39 is 0 Å². The Balaban J connectivity index is 2.46. The summed E-state index contributed by atoms with van der Waals surface area (Å²) in [4.78, 5) is 3.19. The van der Waals surface area contributed by atoms with E-state index in [4.69, 9.17) is 11.1 Å². The zero-order valence-electron chi connectivity index (χ0n) is 10.5. The van der Waals surface area contributed by atoms with Gasteiger partial charge < -0.3 is 15.7 Å². The topological polar surface area (TPSA) is 73.3 Å². The summed E-state index contributed by atoms with van der Waals surface area (Å²) in [5, 5.41) is 17.2. The Labute approximate surface area is 112 Å². The predicted octanol–water partition coefficient (Wildman–Crippen LogP) is 1.65. The molecular formula is C13H19N3OS. The van der Waals surface area contributed by atoms with Gasteiger partial charge in [0.15, 0.2) is 0 Å². The monoisotopic (exact) mass is 265 g/mol. The van der Waals surface area contributed by atoms with E-state index in [9.17, 15) is 5.11 Å². The summed E-state index contributed by atoms with van der Waals surface area (Å²) in [5.41, 5.74) is 7.50. The van der Waals surface area contributed by atoms with Gasteiger partial charge in [-0.3, -0.25) is 5.41 Å². The first kappa shape index (κ1) is 13.2. The number of benzene rings is 1. The summed E-state index contributed by atoms with van der Waals surface area (Å²) in [6.07, 6.45) is 4.06. The molecule has 4 N–H and O–H groups in total. The zero-order chi connectivity index (χ0) is 13.1. The molecule has 0 radical (unpaired) electrons. The Morgan fingerprint density at radius 1 is 1.61 bits per heavy atom. The first-order valence-corrected chi connectivity index (χ1v) is 7.30. The first-order chi connectivity index (χ1) is 8.69. The van der Waals surface area contributed by atoms with E-state index in [1.165, 1.54) is 0 Å². The highest BCUT2D eigenvalue weighted by Gasteiger charge is 2.27. The number of nitrogen functional groups attached to an aromatic ring is 1. The molecule has 0 spiro atoms. The second kappa shape index (κ2) is 5.63. The van der Waals surface area contributed by atoms with Gasteiger partial charge in [0, 0.05) is 17.1 Å². The Kier molecular flexibility index (Phi) is 4.14. The quantitative estimate of drug-likeness (QED) is 0.440. The summed E-state index contributed by atoms with van der Waals surface area (Å²) >= 11 is 1.60. The van der Waals surface area contributed by atoms with Gasteiger partial charge in [0.2, 0.25) is 0 Å². The van der Waals surface area contributed by atoms with Crippen molar-refractivity contribution in [1.82, 2.24) is 0 Å². The van der Waals surface area contributed by atoms with Gasteiger partial charge in [-0.25, -0.2) is 0 Å². The molecule has 4 nitrogen and oxygen atoms in total. The van der Waals surface area contributed by atoms with Crippen molar-refractivity contribution in [3.05, 3.63) is 23.8 Å². The molecule has 1 heterocycles. The van der Waals surface area contributed by atoms with Crippen molar-refractivity contribution >= 4 is 23.3 Å². The van der Waals surface area contributed by atoms with Crippen LogP contribution in [0.25, 0.3) is 0 Å². The summed E-state index contributed by atoms with van der Waals surface area (Å²) in [7, 11) is 0. The van der Waals surface area contributed by atoms with Crippen LogP contribution in [0.4, 0.5) is 5.69 Å². The molecule has 0 saturated carbocycles. The first-order valence-electron chi connectivity index (χ1n) is 6.08. The Morgan fingerprint density at radius 2 is 2.39 bits per heavy atom. The van der Waals surface area contributed by atoms with Crippen molar-refractivity contribution in [2.75, 3.05) is 24.3 Å². The number of thioether (sulfide) groups is 1. The number of hydrogen-bond acceptors (Lipinski definition) is 4. The molecular weight excluding hydrogens is 246 g/mol. The maximum Gasteiger partial charge on any atom is 0.126 e. The van der Waals surface area contributed by atoms with Crippen molar-refractivity contribution in [1.29, 1.82) is 5.41 Å². The summed E-state index contributed by atoms with van der Waals surface area (Å²) in [6.45, 7) is 1.07. The number of rotatable bonds is 4. The lowest BCUT2D eigenvalue weighted by Crippen LogP contribution is -2.34. The normalized spacial score (nSPS) is 19.2. The van der Waals surface area contributed by atoms with Crippen LogP contribution in [0.2, 0.25) is 0 Å². The minimum absolute atomic E-state index is 0.0959. The van der Waals surface area contributed by atoms with Crippen molar-refractivity contribution in [3.8, 4) is 0 Å². The maximum atomic E-state index is 9.42. The smallest absolute Gasteiger partial charge is 0.126 e. The number of nitrogens with one attached hydrogen (secondary N) is 1. The molecule has 1 aromatic rings. The number of anilines is 1. The van der Waals surface area contributed by atoms with E-state index in [0.29, 0.717) is 0 Å². The SMILES string of the molecule is CSc1cccc(N2CCCC2CO)c1C(=N)N. The maximum absolute atomic E-state index is 9.42. The highest BCUT2D eigenvalue weighted by atomic mass is 32.2. The van der Waals surface area contributed by atoms with Gasteiger partial charge in [0.05, 0.1) is 18.2 Å². The fraction of sp³-hybridized carbons (Fsp3) is 0.462. The number of nitrogens with zero attached hydrogens (tertiary/aromatic N) is 1. The Bertz CT molecular complexity index is 450. The van der Waals surface area contributed by atoms with Gasteiger partial charge in [0.1, 0.15) is 5.84 Å². The van der Waals surface area contributed by atoms with Gasteiger partial charge in [-0.15, -0.1) is 11.8 Å². The molecule has 1 aliphatic heterocycles. The average Bonchev–Trinajstić information content (AvgIpc) is 2.85. The minimum Gasteiger partial charge on any atom is -0.394 e. The number of amidine groups is 1. The molecule has 1 atom stereocenters. The molecule has 98 valence electrons. The van der Waals surface area contributed by atoms with Crippen LogP contribution < -0.4 is 10.6 Å². The van der Waals surface area contributed by atoms with Gasteiger partial charge in [-0.2, -0.15) is 0 Å². The van der Waals surface area contributed by atoms with Gasteiger partial charge in [0.25, 0.3) is 0 Å². The van der Waals surface area contributed by atoms with E-state index in [0.717, 1.165) is 35.5 Å². The van der Waals surface area contributed by atoms with Crippen LogP contribution >= 0.6 is 11.8 Å². The molecule has 1 unspecified atom stereocenters. The standard InChI is InChI=1S/C13H19N3OS/c1-18-11-6-2-5-10(12(11)13(14)15)16-7-3-4-9(16)8-17/h2,5-6,9,17H,3-4,7-8H2,1H3,(H3,14,15). The van der Waals surface area contributed by atoms with Gasteiger partial charge in [-0.1, -0.05) is 6.07 Å². The molecule has 1 fully saturated rings. The number of aliphatic hydroxyl groups excluding tert-OH is 1. The van der Waals surface area contributed by atoms with Crippen LogP contribution in [0.15, 0.2) is 23.1 Å². The summed E-state index contributed by atoms with van der Waals surface area (Å²) in [5.74, 6) is 0.0959. The van der Waals surface area contributed by atoms with Gasteiger partial charge >= 0.3 is 0 Å². The lowest BCUT2D eigenvalue weighted by atomic mass is 10.1. The third-order valence-electron chi connectivity index (χ3n) is 3.39. The number of nitrogens with two attached hydrogens (primary N) is 1. The largest absolute Gasteiger partial charge is 0.394 e. The summed E-state index contributed by atoms with van der Waals surface area (Å²) in [6, 6.07) is 6.11. The fourth-order valence-corrected chi connectivity index (χ4v) is 3.18. The third-order valence-corrected chi connectivity index (χ3v) is 4.17. The molecule has 1 aliphatic rings. The van der Waals surface area contributed by atoms with Crippen LogP contribution in [0, 0.1) is 5.41 Å². The zero-order valence-corrected chi connectivity index (χ0v) is 11.3. The second-order valence-electron chi connectivity index (χ2n) is 4.44. The molecule has 0 bridgehead atoms. The van der Waals surface area contributed by atoms with E-state index in [1.54, 1.807) is 11.8 Å². The fourth-order valence-electron chi connectivity index (χ4n) is 2.54. The van der Waals surface area contributed by atoms with Crippen molar-refractivity contribution in [3.63, 3.8) is 0 Å². The Morgan fingerprint density at radius 3 is 3.00 bits per heavy atom. The second-order valence-corrected chi connectivity index (χ2v) is 5.29. The molecule has 2 rings (SSSR count). The lowest BCUT2D eigenvalue weighted by Gasteiger charge is -2.28. The van der Waals surface area contributed by atoms with Crippen LogP contribution in [-0.2, 0) is 0 Å². The lowest BCUT2D eigenvalue weighted by molar-refractivity contribution is 0.266. The molecule has 1 saturated heterocycles. The molecule has 0 amide bonds.